The molecule has 0 unspecified atom stereocenters. The van der Waals surface area contributed by atoms with Gasteiger partial charge >= 0.3 is 0 Å². The van der Waals surface area contributed by atoms with Crippen LogP contribution in [0, 0.1) is 0 Å². The van der Waals surface area contributed by atoms with E-state index in [-0.39, 0.29) is 32.9 Å². The number of aromatic amines is 1. The van der Waals surface area contributed by atoms with E-state index in [2.05, 4.69) is 4.98 Å². The van der Waals surface area contributed by atoms with E-state index in [0.29, 0.717) is 0 Å². The largest absolute Gasteiger partial charge is 0.322 e. The number of aromatic nitrogens is 1. The first-order valence-corrected chi connectivity index (χ1v) is 3.44. The van der Waals surface area contributed by atoms with Crippen molar-refractivity contribution in [3.63, 3.8) is 0 Å². The summed E-state index contributed by atoms with van der Waals surface area (Å²) < 4.78 is 0. The average Bonchev–Trinajstić information content (AvgIpc) is 2.04. The van der Waals surface area contributed by atoms with E-state index in [1.165, 1.54) is 6.07 Å². The second-order valence-corrected chi connectivity index (χ2v) is 2.41. The predicted octanol–water partition coefficient (Wildman–Crippen LogP) is 1.15. The molecule has 0 aliphatic carbocycles. The molecular weight excluding hydrogens is 345 g/mol. The van der Waals surface area contributed by atoms with E-state index in [1.54, 1.807) is 0 Å². The van der Waals surface area contributed by atoms with Gasteiger partial charge in [-0.1, -0.05) is 18.2 Å². The van der Waals surface area contributed by atoms with Gasteiger partial charge in [0.15, 0.2) is 0 Å². The second kappa shape index (κ2) is 3.84. The molecule has 2 rings (SSSR count). The normalized spacial score (nSPS) is 9.33. The monoisotopic (exact) mass is 353 g/mol. The van der Waals surface area contributed by atoms with Crippen molar-refractivity contribution in [3.8, 4) is 0 Å². The first-order chi connectivity index (χ1) is 5.36. The Balaban J connectivity index is 0.000000720. The van der Waals surface area contributed by atoms with Crippen LogP contribution in [0.25, 0.3) is 10.9 Å². The van der Waals surface area contributed by atoms with Crippen molar-refractivity contribution in [2.75, 3.05) is 0 Å². The number of para-hydroxylation sites is 1. The quantitative estimate of drug-likeness (QED) is 0.709. The Morgan fingerprint density at radius 2 is 1.75 bits per heavy atom. The van der Waals surface area contributed by atoms with Crippen LogP contribution in [-0.4, -0.2) is 32.3 Å². The van der Waals surface area contributed by atoms with Crippen molar-refractivity contribution < 1.29 is 0 Å². The molecule has 0 fully saturated rings. The Hall–Kier alpha value is -0.648. The molecule has 1 heterocycles. The van der Waals surface area contributed by atoms with E-state index in [0.717, 1.165) is 10.9 Å². The van der Waals surface area contributed by atoms with Gasteiger partial charge in [0.05, 0.1) is 0 Å². The SMILES string of the molecule is O=c1ccc2ccccc2[nH]1.[Pb]. The minimum Gasteiger partial charge on any atom is -0.322 e. The summed E-state index contributed by atoms with van der Waals surface area (Å²) in [6.07, 6.45) is 0. The molecule has 2 nitrogen and oxygen atoms in total. The van der Waals surface area contributed by atoms with Crippen molar-refractivity contribution in [2.24, 2.45) is 0 Å². The fourth-order valence-corrected chi connectivity index (χ4v) is 1.10. The van der Waals surface area contributed by atoms with Crippen molar-refractivity contribution in [3.05, 3.63) is 46.8 Å². The molecule has 1 N–H and O–H groups in total. The van der Waals surface area contributed by atoms with Gasteiger partial charge in [0.2, 0.25) is 5.56 Å². The van der Waals surface area contributed by atoms with Gasteiger partial charge in [-0.05, 0) is 17.5 Å². The van der Waals surface area contributed by atoms with Gasteiger partial charge in [-0.25, -0.2) is 0 Å². The van der Waals surface area contributed by atoms with Crippen LogP contribution in [-0.2, 0) is 0 Å². The fraction of sp³-hybridized carbons (Fsp3) is 0. The fourth-order valence-electron chi connectivity index (χ4n) is 1.10. The van der Waals surface area contributed by atoms with E-state index in [9.17, 15) is 4.79 Å². The molecule has 0 atom stereocenters. The molecule has 3 heteroatoms. The molecule has 0 aliphatic heterocycles. The Labute approximate surface area is 89.8 Å². The molecule has 2 aromatic rings. The maximum atomic E-state index is 10.8. The zero-order chi connectivity index (χ0) is 7.68. The third kappa shape index (κ3) is 1.74. The Morgan fingerprint density at radius 1 is 1.00 bits per heavy atom. The van der Waals surface area contributed by atoms with Crippen molar-refractivity contribution in [1.82, 2.24) is 4.98 Å². The standard InChI is InChI=1S/C9H7NO.Pb/c11-9-6-5-7-3-1-2-4-8(7)10-9;/h1-6H,(H,10,11);. The van der Waals surface area contributed by atoms with E-state index in [1.807, 2.05) is 30.3 Å². The van der Waals surface area contributed by atoms with Gasteiger partial charge in [0.1, 0.15) is 0 Å². The first-order valence-electron chi connectivity index (χ1n) is 3.44. The Morgan fingerprint density at radius 3 is 2.58 bits per heavy atom. The van der Waals surface area contributed by atoms with Crippen LogP contribution in [0.2, 0.25) is 0 Å². The van der Waals surface area contributed by atoms with Crippen LogP contribution in [0.1, 0.15) is 0 Å². The van der Waals surface area contributed by atoms with Crippen LogP contribution < -0.4 is 5.56 Å². The molecule has 0 aliphatic rings. The zero-order valence-corrected chi connectivity index (χ0v) is 10.3. The van der Waals surface area contributed by atoms with E-state index >= 15 is 0 Å². The van der Waals surface area contributed by atoms with Crippen molar-refractivity contribution >= 4 is 38.2 Å². The van der Waals surface area contributed by atoms with Gasteiger partial charge in [0, 0.05) is 38.9 Å². The maximum absolute atomic E-state index is 10.8. The third-order valence-electron chi connectivity index (χ3n) is 1.63. The molecular formula is C9H7NOPb. The van der Waals surface area contributed by atoms with Gasteiger partial charge in [-0.3, -0.25) is 4.79 Å². The van der Waals surface area contributed by atoms with Gasteiger partial charge in [-0.15, -0.1) is 0 Å². The number of fused-ring (bicyclic) bond motifs is 1. The molecule has 0 saturated carbocycles. The summed E-state index contributed by atoms with van der Waals surface area (Å²) in [7, 11) is 0. The number of hydrogen-bond acceptors (Lipinski definition) is 1. The molecule has 4 radical (unpaired) electrons. The molecule has 1 aromatic carbocycles. The topological polar surface area (TPSA) is 32.9 Å². The minimum atomic E-state index is -0.0521. The van der Waals surface area contributed by atoms with Gasteiger partial charge < -0.3 is 4.98 Å². The number of pyridine rings is 1. The molecule has 0 spiro atoms. The van der Waals surface area contributed by atoms with Crippen LogP contribution >= 0.6 is 0 Å². The maximum Gasteiger partial charge on any atom is 0.248 e. The third-order valence-corrected chi connectivity index (χ3v) is 1.63. The van der Waals surface area contributed by atoms with E-state index in [4.69, 9.17) is 0 Å². The molecule has 12 heavy (non-hydrogen) atoms. The van der Waals surface area contributed by atoms with E-state index < -0.39 is 0 Å². The summed E-state index contributed by atoms with van der Waals surface area (Å²) in [6, 6.07) is 11.0. The van der Waals surface area contributed by atoms with Crippen LogP contribution in [0.15, 0.2) is 41.2 Å². The molecule has 0 saturated heterocycles. The summed E-state index contributed by atoms with van der Waals surface area (Å²) in [5, 5.41) is 1.06. The van der Waals surface area contributed by atoms with Crippen molar-refractivity contribution in [1.29, 1.82) is 0 Å². The van der Waals surface area contributed by atoms with Crippen molar-refractivity contribution in [2.45, 2.75) is 0 Å². The zero-order valence-electron chi connectivity index (χ0n) is 6.37. The Kier molecular flexibility index (Phi) is 3.02. The number of rotatable bonds is 0. The van der Waals surface area contributed by atoms with Gasteiger partial charge in [-0.2, -0.15) is 0 Å². The molecule has 58 valence electrons. The van der Waals surface area contributed by atoms with Crippen LogP contribution in [0.5, 0.6) is 0 Å². The molecule has 0 bridgehead atoms. The molecule has 1 aromatic heterocycles. The average molecular weight is 352 g/mol. The number of nitrogens with one attached hydrogen (secondary N) is 1. The predicted molar refractivity (Wildman–Crippen MR) is 50.3 cm³/mol. The summed E-state index contributed by atoms with van der Waals surface area (Å²) in [4.78, 5) is 13.6. The van der Waals surface area contributed by atoms with Crippen LogP contribution in [0.3, 0.4) is 0 Å². The second-order valence-electron chi connectivity index (χ2n) is 2.41. The molecule has 0 amide bonds. The number of H-pyrrole nitrogens is 1. The summed E-state index contributed by atoms with van der Waals surface area (Å²) in [5.41, 5.74) is 0.837. The first kappa shape index (κ1) is 9.44. The smallest absolute Gasteiger partial charge is 0.248 e. The Bertz CT molecular complexity index is 435. The van der Waals surface area contributed by atoms with Gasteiger partial charge in [0.25, 0.3) is 0 Å². The minimum absolute atomic E-state index is 0. The van der Waals surface area contributed by atoms with Crippen LogP contribution in [0.4, 0.5) is 0 Å². The number of benzene rings is 1. The summed E-state index contributed by atoms with van der Waals surface area (Å²) >= 11 is 0. The number of hydrogen-bond donors (Lipinski definition) is 1. The summed E-state index contributed by atoms with van der Waals surface area (Å²) in [5.74, 6) is 0. The summed E-state index contributed by atoms with van der Waals surface area (Å²) in [6.45, 7) is 0.